The lowest BCUT2D eigenvalue weighted by Gasteiger charge is -2.37. The zero-order valence-corrected chi connectivity index (χ0v) is 13.0. The zero-order chi connectivity index (χ0) is 15.6. The molecule has 1 aromatic rings. The van der Waals surface area contributed by atoms with Crippen LogP contribution in [0.2, 0.25) is 0 Å². The number of ether oxygens (including phenoxy) is 1. The first kappa shape index (κ1) is 15.6. The van der Waals surface area contributed by atoms with Crippen molar-refractivity contribution in [1.82, 2.24) is 0 Å². The fourth-order valence-corrected chi connectivity index (χ4v) is 3.59. The molecule has 1 atom stereocenters. The van der Waals surface area contributed by atoms with Gasteiger partial charge in [-0.3, -0.25) is 0 Å². The van der Waals surface area contributed by atoms with Gasteiger partial charge in [0.25, 0.3) is 0 Å². The van der Waals surface area contributed by atoms with E-state index in [4.69, 9.17) is 10.5 Å². The summed E-state index contributed by atoms with van der Waals surface area (Å²) in [6, 6.07) is 2.06. The highest BCUT2D eigenvalue weighted by Crippen LogP contribution is 2.40. The largest absolute Gasteiger partial charge is 0.462 e. The van der Waals surface area contributed by atoms with Gasteiger partial charge in [-0.15, -0.1) is 11.3 Å². The number of esters is 1. The van der Waals surface area contributed by atoms with Crippen LogP contribution in [0.4, 0.5) is 10.7 Å². The minimum atomic E-state index is -0.798. The Kier molecular flexibility index (Phi) is 4.40. The van der Waals surface area contributed by atoms with E-state index in [-0.39, 0.29) is 17.2 Å². The molecule has 1 aliphatic rings. The van der Waals surface area contributed by atoms with Crippen LogP contribution in [0.3, 0.4) is 0 Å². The standard InChI is InChI=1S/C14H19N3O3S/c1-3-20-13(18)11-10(16)9(7-15)12(21-11)17-6-4-5-14(2,19)8-17/h19H,3-6,8,16H2,1-2H3. The summed E-state index contributed by atoms with van der Waals surface area (Å²) in [6.07, 6.45) is 1.54. The van der Waals surface area contributed by atoms with E-state index < -0.39 is 11.6 Å². The molecule has 1 fully saturated rings. The monoisotopic (exact) mass is 309 g/mol. The molecule has 21 heavy (non-hydrogen) atoms. The fraction of sp³-hybridized carbons (Fsp3) is 0.571. The third-order valence-corrected chi connectivity index (χ3v) is 4.71. The molecule has 1 unspecified atom stereocenters. The molecule has 7 heteroatoms. The van der Waals surface area contributed by atoms with Gasteiger partial charge in [-0.05, 0) is 26.7 Å². The molecular weight excluding hydrogens is 290 g/mol. The summed E-state index contributed by atoms with van der Waals surface area (Å²) >= 11 is 1.16. The van der Waals surface area contributed by atoms with Crippen LogP contribution in [0, 0.1) is 11.3 Å². The molecule has 1 aromatic heterocycles. The first-order valence-corrected chi connectivity index (χ1v) is 7.68. The molecule has 0 amide bonds. The van der Waals surface area contributed by atoms with Crippen molar-refractivity contribution in [3.63, 3.8) is 0 Å². The number of carbonyl (C=O) groups is 1. The third-order valence-electron chi connectivity index (χ3n) is 3.46. The van der Waals surface area contributed by atoms with Gasteiger partial charge in [0.05, 0.1) is 17.9 Å². The predicted octanol–water partition coefficient (Wildman–Crippen LogP) is 1.73. The number of β-amino-alcohol motifs (C(OH)–C–C–N with tert-alkyl or cyclic N) is 1. The Bertz CT molecular complexity index is 589. The molecule has 1 saturated heterocycles. The second-order valence-electron chi connectivity index (χ2n) is 5.38. The molecule has 2 heterocycles. The first-order chi connectivity index (χ1) is 9.89. The minimum Gasteiger partial charge on any atom is -0.462 e. The predicted molar refractivity (Wildman–Crippen MR) is 81.5 cm³/mol. The maximum absolute atomic E-state index is 11.9. The second-order valence-corrected chi connectivity index (χ2v) is 6.38. The van der Waals surface area contributed by atoms with Gasteiger partial charge in [-0.1, -0.05) is 0 Å². The lowest BCUT2D eigenvalue weighted by molar-refractivity contribution is 0.0451. The highest BCUT2D eigenvalue weighted by molar-refractivity contribution is 7.18. The Labute approximate surface area is 127 Å². The number of carbonyl (C=O) groups excluding carboxylic acids is 1. The van der Waals surface area contributed by atoms with E-state index in [0.29, 0.717) is 17.1 Å². The lowest BCUT2D eigenvalue weighted by Crippen LogP contribution is -2.46. The number of rotatable bonds is 3. The Balaban J connectivity index is 2.38. The summed E-state index contributed by atoms with van der Waals surface area (Å²) in [5.41, 5.74) is 5.58. The summed E-state index contributed by atoms with van der Waals surface area (Å²) in [6.45, 7) is 4.90. The van der Waals surface area contributed by atoms with Crippen LogP contribution in [-0.4, -0.2) is 36.4 Å². The van der Waals surface area contributed by atoms with E-state index in [2.05, 4.69) is 6.07 Å². The van der Waals surface area contributed by atoms with Crippen molar-refractivity contribution in [2.24, 2.45) is 0 Å². The number of hydrogen-bond acceptors (Lipinski definition) is 7. The van der Waals surface area contributed by atoms with E-state index in [9.17, 15) is 15.2 Å². The average Bonchev–Trinajstić information content (AvgIpc) is 2.75. The number of nitrogens with two attached hydrogens (primary N) is 1. The summed E-state index contributed by atoms with van der Waals surface area (Å²) in [5.74, 6) is -0.508. The first-order valence-electron chi connectivity index (χ1n) is 6.86. The van der Waals surface area contributed by atoms with E-state index in [1.54, 1.807) is 13.8 Å². The van der Waals surface area contributed by atoms with Gasteiger partial charge in [0.1, 0.15) is 21.5 Å². The van der Waals surface area contributed by atoms with Gasteiger partial charge in [0.2, 0.25) is 0 Å². The van der Waals surface area contributed by atoms with Crippen LogP contribution in [-0.2, 0) is 4.74 Å². The highest BCUT2D eigenvalue weighted by Gasteiger charge is 2.32. The van der Waals surface area contributed by atoms with Gasteiger partial charge in [-0.2, -0.15) is 5.26 Å². The number of thiophene rings is 1. The van der Waals surface area contributed by atoms with E-state index in [1.807, 2.05) is 4.90 Å². The molecule has 0 aromatic carbocycles. The molecule has 0 radical (unpaired) electrons. The Morgan fingerprint density at radius 2 is 2.38 bits per heavy atom. The molecule has 114 valence electrons. The van der Waals surface area contributed by atoms with Crippen molar-refractivity contribution in [1.29, 1.82) is 5.26 Å². The van der Waals surface area contributed by atoms with Crippen molar-refractivity contribution in [2.45, 2.75) is 32.3 Å². The molecule has 0 aliphatic carbocycles. The van der Waals surface area contributed by atoms with Gasteiger partial charge in [0, 0.05) is 13.1 Å². The molecule has 3 N–H and O–H groups in total. The van der Waals surface area contributed by atoms with Crippen molar-refractivity contribution in [2.75, 3.05) is 30.3 Å². The molecule has 0 spiro atoms. The third kappa shape index (κ3) is 3.12. The summed E-state index contributed by atoms with van der Waals surface area (Å²) in [7, 11) is 0. The van der Waals surface area contributed by atoms with Crippen molar-refractivity contribution in [3.05, 3.63) is 10.4 Å². The molecule has 2 rings (SSSR count). The van der Waals surface area contributed by atoms with E-state index >= 15 is 0 Å². The maximum atomic E-state index is 11.9. The number of anilines is 2. The van der Waals surface area contributed by atoms with E-state index in [0.717, 1.165) is 30.7 Å². The zero-order valence-electron chi connectivity index (χ0n) is 12.2. The molecule has 6 nitrogen and oxygen atoms in total. The van der Waals surface area contributed by atoms with Crippen LogP contribution in [0.5, 0.6) is 0 Å². The second kappa shape index (κ2) is 5.92. The van der Waals surface area contributed by atoms with Crippen LogP contribution < -0.4 is 10.6 Å². The smallest absolute Gasteiger partial charge is 0.350 e. The van der Waals surface area contributed by atoms with Gasteiger partial charge in [-0.25, -0.2) is 4.79 Å². The van der Waals surface area contributed by atoms with Gasteiger partial charge in [0.15, 0.2) is 0 Å². The lowest BCUT2D eigenvalue weighted by atomic mass is 9.95. The molecule has 1 aliphatic heterocycles. The van der Waals surface area contributed by atoms with Gasteiger partial charge >= 0.3 is 5.97 Å². The molecule has 0 bridgehead atoms. The van der Waals surface area contributed by atoms with Crippen molar-refractivity contribution < 1.29 is 14.6 Å². The minimum absolute atomic E-state index is 0.168. The normalized spacial score (nSPS) is 21.9. The molecule has 0 saturated carbocycles. The van der Waals surface area contributed by atoms with Crippen molar-refractivity contribution >= 4 is 28.0 Å². The SMILES string of the molecule is CCOC(=O)c1sc(N2CCCC(C)(O)C2)c(C#N)c1N. The summed E-state index contributed by atoms with van der Waals surface area (Å²) in [5, 5.41) is 20.2. The quantitative estimate of drug-likeness (QED) is 0.825. The fourth-order valence-electron chi connectivity index (χ4n) is 2.50. The Morgan fingerprint density at radius 1 is 1.67 bits per heavy atom. The van der Waals surface area contributed by atoms with Crippen LogP contribution in [0.15, 0.2) is 0 Å². The van der Waals surface area contributed by atoms with E-state index in [1.165, 1.54) is 0 Å². The van der Waals surface area contributed by atoms with Crippen LogP contribution in [0.25, 0.3) is 0 Å². The number of hydrogen-bond donors (Lipinski definition) is 2. The molecular formula is C14H19N3O3S. The van der Waals surface area contributed by atoms with Crippen LogP contribution in [0.1, 0.15) is 41.9 Å². The topological polar surface area (TPSA) is 99.6 Å². The van der Waals surface area contributed by atoms with Gasteiger partial charge < -0.3 is 20.5 Å². The number of nitrogen functional groups attached to an aromatic ring is 1. The average molecular weight is 309 g/mol. The Hall–Kier alpha value is -1.78. The Morgan fingerprint density at radius 3 is 2.95 bits per heavy atom. The highest BCUT2D eigenvalue weighted by atomic mass is 32.1. The number of piperidine rings is 1. The summed E-state index contributed by atoms with van der Waals surface area (Å²) in [4.78, 5) is 14.1. The maximum Gasteiger partial charge on any atom is 0.350 e. The summed E-state index contributed by atoms with van der Waals surface area (Å²) < 4.78 is 4.96. The van der Waals surface area contributed by atoms with Crippen LogP contribution >= 0.6 is 11.3 Å². The number of nitrogens with zero attached hydrogens (tertiary/aromatic N) is 2. The number of aliphatic hydroxyl groups is 1. The van der Waals surface area contributed by atoms with Crippen molar-refractivity contribution in [3.8, 4) is 6.07 Å². The number of nitriles is 1.